The topological polar surface area (TPSA) is 78.8 Å². The molecule has 0 fully saturated rings. The minimum atomic E-state index is -0.949. The first kappa shape index (κ1) is 6.44. The Labute approximate surface area is 56.1 Å². The van der Waals surface area contributed by atoms with E-state index >= 15 is 0 Å². The van der Waals surface area contributed by atoms with Gasteiger partial charge in [-0.05, 0) is 11.8 Å². The average Bonchev–Trinajstić information content (AvgIpc) is 1.59. The monoisotopic (exact) mass is 146 g/mol. The number of aliphatic imine (C=N–C) groups is 1. The van der Waals surface area contributed by atoms with Gasteiger partial charge < -0.3 is 15.9 Å². The summed E-state index contributed by atoms with van der Waals surface area (Å²) in [5.41, 5.74) is 4.21. The summed E-state index contributed by atoms with van der Waals surface area (Å²) in [6, 6.07) is 0. The molecule has 1 rings (SSSR count). The minimum Gasteiger partial charge on any atom is -0.502 e. The second-order valence-electron chi connectivity index (χ2n) is 1.48. The van der Waals surface area contributed by atoms with Gasteiger partial charge in [0.05, 0.1) is 0 Å². The molecule has 1 atom stereocenters. The predicted molar refractivity (Wildman–Crippen MR) is 35.9 cm³/mol. The molecule has 0 aromatic carbocycles. The third-order valence-electron chi connectivity index (χ3n) is 0.757. The van der Waals surface area contributed by atoms with Crippen molar-refractivity contribution in [2.45, 2.75) is 5.56 Å². The number of aliphatic hydroxyl groups excluding tert-OH is 2. The van der Waals surface area contributed by atoms with Gasteiger partial charge in [-0.1, -0.05) is 0 Å². The van der Waals surface area contributed by atoms with Crippen LogP contribution in [0.5, 0.6) is 0 Å². The first-order valence-corrected chi connectivity index (χ1v) is 3.15. The van der Waals surface area contributed by atoms with Crippen LogP contribution in [0.25, 0.3) is 0 Å². The molecule has 0 saturated heterocycles. The van der Waals surface area contributed by atoms with Gasteiger partial charge in [-0.25, -0.2) is 4.99 Å². The summed E-state index contributed by atoms with van der Waals surface area (Å²) in [5.74, 6) is 0.152. The van der Waals surface area contributed by atoms with Crippen LogP contribution in [0.1, 0.15) is 0 Å². The van der Waals surface area contributed by atoms with Crippen LogP contribution in [0.2, 0.25) is 0 Å². The van der Waals surface area contributed by atoms with E-state index in [1.54, 1.807) is 0 Å². The lowest BCUT2D eigenvalue weighted by molar-refractivity contribution is 0.272. The van der Waals surface area contributed by atoms with Crippen molar-refractivity contribution in [2.24, 2.45) is 10.7 Å². The summed E-state index contributed by atoms with van der Waals surface area (Å²) in [5, 5.41) is 17.5. The molecule has 50 valence electrons. The van der Waals surface area contributed by atoms with E-state index in [1.807, 2.05) is 0 Å². The fourth-order valence-electron chi connectivity index (χ4n) is 0.460. The lowest BCUT2D eigenvalue weighted by Gasteiger charge is -2.09. The Morgan fingerprint density at radius 1 is 1.78 bits per heavy atom. The molecule has 1 aliphatic rings. The molecule has 4 N–H and O–H groups in total. The van der Waals surface area contributed by atoms with Crippen LogP contribution in [0.4, 0.5) is 0 Å². The zero-order chi connectivity index (χ0) is 6.85. The quantitative estimate of drug-likeness (QED) is 0.441. The zero-order valence-electron chi connectivity index (χ0n) is 4.48. The fourth-order valence-corrected chi connectivity index (χ4v) is 1.04. The fraction of sp³-hybridized carbons (Fsp3) is 0.250. The summed E-state index contributed by atoms with van der Waals surface area (Å²) in [4.78, 5) is 3.51. The smallest absolute Gasteiger partial charge is 0.203 e. The third kappa shape index (κ3) is 1.62. The Balaban J connectivity index is 2.74. The van der Waals surface area contributed by atoms with Crippen LogP contribution >= 0.6 is 11.8 Å². The van der Waals surface area contributed by atoms with Gasteiger partial charge in [-0.15, -0.1) is 0 Å². The first-order chi connectivity index (χ1) is 4.18. The molecule has 1 aliphatic heterocycles. The van der Waals surface area contributed by atoms with Crippen LogP contribution in [-0.2, 0) is 0 Å². The van der Waals surface area contributed by atoms with Gasteiger partial charge in [-0.2, -0.15) is 0 Å². The van der Waals surface area contributed by atoms with Crippen molar-refractivity contribution >= 4 is 17.6 Å². The molecule has 0 spiro atoms. The number of rotatable bonds is 0. The maximum absolute atomic E-state index is 8.75. The number of hydrogen-bond donors (Lipinski definition) is 3. The van der Waals surface area contributed by atoms with Crippen molar-refractivity contribution in [3.63, 3.8) is 0 Å². The van der Waals surface area contributed by atoms with E-state index in [0.29, 0.717) is 0 Å². The summed E-state index contributed by atoms with van der Waals surface area (Å²) in [7, 11) is 0. The van der Waals surface area contributed by atoms with Crippen molar-refractivity contribution in [1.29, 1.82) is 0 Å². The van der Waals surface area contributed by atoms with E-state index < -0.39 is 5.56 Å². The predicted octanol–water partition coefficient (Wildman–Crippen LogP) is -0.234. The van der Waals surface area contributed by atoms with E-state index in [0.717, 1.165) is 11.8 Å². The molecule has 1 unspecified atom stereocenters. The Morgan fingerprint density at radius 3 is 2.89 bits per heavy atom. The van der Waals surface area contributed by atoms with Crippen LogP contribution in [0, 0.1) is 0 Å². The van der Waals surface area contributed by atoms with Gasteiger partial charge in [0.1, 0.15) is 5.84 Å². The molecule has 0 radical (unpaired) electrons. The van der Waals surface area contributed by atoms with Crippen molar-refractivity contribution in [1.82, 2.24) is 0 Å². The van der Waals surface area contributed by atoms with Crippen LogP contribution in [-0.4, -0.2) is 21.6 Å². The summed E-state index contributed by atoms with van der Waals surface area (Å²) >= 11 is 0.850. The van der Waals surface area contributed by atoms with Crippen LogP contribution in [0.15, 0.2) is 16.2 Å². The molecule has 9 heavy (non-hydrogen) atoms. The number of nitrogens with zero attached hydrogens (tertiary/aromatic N) is 1. The molecule has 4 nitrogen and oxygen atoms in total. The summed E-state index contributed by atoms with van der Waals surface area (Å²) < 4.78 is 0. The zero-order valence-corrected chi connectivity index (χ0v) is 5.30. The van der Waals surface area contributed by atoms with Gasteiger partial charge in [0.2, 0.25) is 5.56 Å². The van der Waals surface area contributed by atoms with Crippen molar-refractivity contribution in [2.75, 3.05) is 0 Å². The van der Waals surface area contributed by atoms with E-state index in [-0.39, 0.29) is 10.9 Å². The summed E-state index contributed by atoms with van der Waals surface area (Å²) in [6.45, 7) is 0. The number of amidine groups is 1. The lowest BCUT2D eigenvalue weighted by atomic mass is 10.6. The molecule has 1 heterocycles. The van der Waals surface area contributed by atoms with E-state index in [2.05, 4.69) is 4.99 Å². The van der Waals surface area contributed by atoms with Crippen molar-refractivity contribution in [3.05, 3.63) is 11.2 Å². The molecular weight excluding hydrogens is 140 g/mol. The van der Waals surface area contributed by atoms with Gasteiger partial charge in [-0.3, -0.25) is 0 Å². The summed E-state index contributed by atoms with van der Waals surface area (Å²) in [6.07, 6.45) is 1.29. The van der Waals surface area contributed by atoms with Crippen molar-refractivity contribution in [3.8, 4) is 0 Å². The van der Waals surface area contributed by atoms with E-state index in [1.165, 1.54) is 6.08 Å². The average molecular weight is 146 g/mol. The first-order valence-electron chi connectivity index (χ1n) is 2.27. The van der Waals surface area contributed by atoms with Crippen molar-refractivity contribution < 1.29 is 10.2 Å². The second kappa shape index (κ2) is 2.28. The molecular formula is C4H6N2O2S. The lowest BCUT2D eigenvalue weighted by Crippen LogP contribution is -2.16. The standard InChI is InChI=1S/C4H6N2O2S/c5-2-1-3(7)9-4(8)6-2/h1,4,7-8H,(H2,5,6). The Kier molecular flexibility index (Phi) is 1.63. The Bertz CT molecular complexity index is 177. The number of thioether (sulfide) groups is 1. The maximum Gasteiger partial charge on any atom is 0.203 e. The molecule has 0 bridgehead atoms. The Morgan fingerprint density at radius 2 is 2.44 bits per heavy atom. The third-order valence-corrected chi connectivity index (χ3v) is 1.43. The SMILES string of the molecule is NC1=NC(O)SC(O)=C1. The normalized spacial score (nSPS) is 27.0. The van der Waals surface area contributed by atoms with Gasteiger partial charge in [0.15, 0.2) is 5.09 Å². The molecule has 0 aromatic heterocycles. The molecule has 0 aliphatic carbocycles. The van der Waals surface area contributed by atoms with E-state index in [9.17, 15) is 0 Å². The highest BCUT2D eigenvalue weighted by atomic mass is 32.2. The maximum atomic E-state index is 8.75. The molecule has 0 aromatic rings. The number of aliphatic hydroxyl groups is 2. The number of nitrogens with two attached hydrogens (primary N) is 1. The number of hydrogen-bond acceptors (Lipinski definition) is 5. The molecule has 5 heteroatoms. The van der Waals surface area contributed by atoms with E-state index in [4.69, 9.17) is 15.9 Å². The molecule has 0 saturated carbocycles. The van der Waals surface area contributed by atoms with Gasteiger partial charge in [0.25, 0.3) is 0 Å². The highest BCUT2D eigenvalue weighted by Gasteiger charge is 2.10. The minimum absolute atomic E-state index is 0.00463. The highest BCUT2D eigenvalue weighted by molar-refractivity contribution is 8.03. The van der Waals surface area contributed by atoms with Gasteiger partial charge >= 0.3 is 0 Å². The molecule has 0 amide bonds. The van der Waals surface area contributed by atoms with Crippen LogP contribution in [0.3, 0.4) is 0 Å². The van der Waals surface area contributed by atoms with Gasteiger partial charge in [0, 0.05) is 6.08 Å². The van der Waals surface area contributed by atoms with Crippen LogP contribution < -0.4 is 5.73 Å². The second-order valence-corrected chi connectivity index (χ2v) is 2.56. The highest BCUT2D eigenvalue weighted by Crippen LogP contribution is 2.21. The largest absolute Gasteiger partial charge is 0.502 e. The Hall–Kier alpha value is -0.680.